The van der Waals surface area contributed by atoms with Crippen LogP contribution in [0.2, 0.25) is 0 Å². The summed E-state index contributed by atoms with van der Waals surface area (Å²) >= 11 is 0. The van der Waals surface area contributed by atoms with Crippen LogP contribution in [0.4, 0.5) is 11.4 Å². The highest BCUT2D eigenvalue weighted by Gasteiger charge is 2.04. The number of carbonyl (C=O) groups is 1. The van der Waals surface area contributed by atoms with Crippen LogP contribution in [-0.2, 0) is 11.2 Å². The summed E-state index contributed by atoms with van der Waals surface area (Å²) in [7, 11) is 1.68. The van der Waals surface area contributed by atoms with E-state index in [9.17, 15) is 4.79 Å². The summed E-state index contributed by atoms with van der Waals surface area (Å²) < 4.78 is 5.10. The largest absolute Gasteiger partial charge is 0.478 e. The predicted octanol–water partition coefficient (Wildman–Crippen LogP) is 3.32. The van der Waals surface area contributed by atoms with Crippen LogP contribution in [0.3, 0.4) is 0 Å². The summed E-state index contributed by atoms with van der Waals surface area (Å²) in [6, 6.07) is 14.7. The van der Waals surface area contributed by atoms with Crippen molar-refractivity contribution in [2.75, 3.05) is 19.0 Å². The van der Waals surface area contributed by atoms with Crippen LogP contribution in [0, 0.1) is 0 Å². The minimum absolute atomic E-state index is 0.281. The third-order valence-electron chi connectivity index (χ3n) is 3.00. The van der Waals surface area contributed by atoms with E-state index in [4.69, 9.17) is 9.84 Å². The zero-order valence-electron chi connectivity index (χ0n) is 11.3. The Morgan fingerprint density at radius 2 is 1.85 bits per heavy atom. The van der Waals surface area contributed by atoms with Crippen LogP contribution in [0.15, 0.2) is 48.5 Å². The number of carboxylic acids is 1. The molecule has 0 radical (unpaired) electrons. The Hall–Kier alpha value is -2.33. The van der Waals surface area contributed by atoms with Crippen LogP contribution in [0.1, 0.15) is 15.9 Å². The van der Waals surface area contributed by atoms with E-state index in [0.717, 1.165) is 23.4 Å². The van der Waals surface area contributed by atoms with Gasteiger partial charge in [0.1, 0.15) is 0 Å². The van der Waals surface area contributed by atoms with Crippen molar-refractivity contribution in [3.05, 3.63) is 59.7 Å². The van der Waals surface area contributed by atoms with Crippen molar-refractivity contribution < 1.29 is 14.6 Å². The second kappa shape index (κ2) is 6.73. The lowest BCUT2D eigenvalue weighted by Gasteiger charge is -2.12. The number of carboxylic acid groups (broad SMARTS) is 1. The molecule has 0 aliphatic rings. The van der Waals surface area contributed by atoms with Gasteiger partial charge in [0, 0.05) is 18.5 Å². The number of rotatable bonds is 6. The number of aromatic carboxylic acids is 1. The Balaban J connectivity index is 2.14. The first-order valence-corrected chi connectivity index (χ1v) is 6.38. The van der Waals surface area contributed by atoms with Crippen LogP contribution in [0.5, 0.6) is 0 Å². The Kier molecular flexibility index (Phi) is 4.74. The number of hydrogen-bond donors (Lipinski definition) is 2. The molecule has 2 aromatic carbocycles. The maximum atomic E-state index is 10.8. The van der Waals surface area contributed by atoms with Gasteiger partial charge in [-0.25, -0.2) is 4.79 Å². The molecular weight excluding hydrogens is 254 g/mol. The summed E-state index contributed by atoms with van der Waals surface area (Å²) in [5.41, 5.74) is 3.31. The number of methoxy groups -OCH3 is 1. The van der Waals surface area contributed by atoms with Gasteiger partial charge in [0.05, 0.1) is 12.2 Å². The molecule has 4 nitrogen and oxygen atoms in total. The fourth-order valence-electron chi connectivity index (χ4n) is 1.92. The molecule has 4 heteroatoms. The molecule has 0 fully saturated rings. The van der Waals surface area contributed by atoms with Gasteiger partial charge < -0.3 is 15.2 Å². The van der Waals surface area contributed by atoms with Crippen molar-refractivity contribution >= 4 is 17.3 Å². The molecule has 0 saturated carbocycles. The lowest BCUT2D eigenvalue weighted by Crippen LogP contribution is -2.00. The zero-order valence-corrected chi connectivity index (χ0v) is 11.3. The fourth-order valence-corrected chi connectivity index (χ4v) is 1.92. The maximum absolute atomic E-state index is 10.8. The first-order valence-electron chi connectivity index (χ1n) is 6.38. The van der Waals surface area contributed by atoms with E-state index in [1.165, 1.54) is 0 Å². The van der Waals surface area contributed by atoms with Crippen molar-refractivity contribution in [3.63, 3.8) is 0 Å². The fraction of sp³-hybridized carbons (Fsp3) is 0.188. The van der Waals surface area contributed by atoms with Gasteiger partial charge in [0.2, 0.25) is 0 Å². The Morgan fingerprint density at radius 1 is 1.15 bits per heavy atom. The van der Waals surface area contributed by atoms with Crippen LogP contribution < -0.4 is 5.32 Å². The van der Waals surface area contributed by atoms with Gasteiger partial charge >= 0.3 is 5.97 Å². The molecular formula is C16H17NO3. The molecule has 0 aromatic heterocycles. The molecule has 0 saturated heterocycles. The standard InChI is InChI=1S/C16H17NO3/c1-20-11-10-12-4-2-3-5-15(12)17-14-8-6-13(7-9-14)16(18)19/h2-9,17H,10-11H2,1H3,(H,18,19). The van der Waals surface area contributed by atoms with E-state index in [1.54, 1.807) is 31.4 Å². The van der Waals surface area contributed by atoms with Crippen LogP contribution >= 0.6 is 0 Å². The number of para-hydroxylation sites is 1. The van der Waals surface area contributed by atoms with Crippen molar-refractivity contribution in [1.29, 1.82) is 0 Å². The van der Waals surface area contributed by atoms with Gasteiger partial charge in [-0.1, -0.05) is 18.2 Å². The number of benzene rings is 2. The number of anilines is 2. The van der Waals surface area contributed by atoms with E-state index in [-0.39, 0.29) is 5.56 Å². The summed E-state index contributed by atoms with van der Waals surface area (Å²) in [6.45, 7) is 0.663. The van der Waals surface area contributed by atoms with Gasteiger partial charge in [-0.05, 0) is 42.3 Å². The summed E-state index contributed by atoms with van der Waals surface area (Å²) in [4.78, 5) is 10.8. The Bertz CT molecular complexity index is 579. The molecule has 0 heterocycles. The van der Waals surface area contributed by atoms with Crippen molar-refractivity contribution in [1.82, 2.24) is 0 Å². The van der Waals surface area contributed by atoms with E-state index in [1.807, 2.05) is 24.3 Å². The second-order valence-corrected chi connectivity index (χ2v) is 4.41. The highest BCUT2D eigenvalue weighted by molar-refractivity contribution is 5.88. The van der Waals surface area contributed by atoms with Gasteiger partial charge in [-0.15, -0.1) is 0 Å². The van der Waals surface area contributed by atoms with Crippen molar-refractivity contribution in [3.8, 4) is 0 Å². The molecule has 0 aliphatic heterocycles. The Labute approximate surface area is 118 Å². The van der Waals surface area contributed by atoms with E-state index in [2.05, 4.69) is 5.32 Å². The molecule has 0 atom stereocenters. The SMILES string of the molecule is COCCc1ccccc1Nc1ccc(C(=O)O)cc1. The Morgan fingerprint density at radius 3 is 2.50 bits per heavy atom. The minimum Gasteiger partial charge on any atom is -0.478 e. The molecule has 104 valence electrons. The van der Waals surface area contributed by atoms with E-state index < -0.39 is 5.97 Å². The average Bonchev–Trinajstić information content (AvgIpc) is 2.47. The summed E-state index contributed by atoms with van der Waals surface area (Å²) in [5.74, 6) is -0.919. The van der Waals surface area contributed by atoms with Crippen LogP contribution in [-0.4, -0.2) is 24.8 Å². The quantitative estimate of drug-likeness (QED) is 0.846. The number of ether oxygens (including phenoxy) is 1. The average molecular weight is 271 g/mol. The predicted molar refractivity (Wildman–Crippen MR) is 78.7 cm³/mol. The maximum Gasteiger partial charge on any atom is 0.335 e. The first kappa shape index (κ1) is 14.1. The molecule has 0 spiro atoms. The second-order valence-electron chi connectivity index (χ2n) is 4.41. The smallest absolute Gasteiger partial charge is 0.335 e. The van der Waals surface area contributed by atoms with Gasteiger partial charge in [-0.3, -0.25) is 0 Å². The molecule has 0 bridgehead atoms. The summed E-state index contributed by atoms with van der Waals surface area (Å²) in [5, 5.41) is 12.2. The topological polar surface area (TPSA) is 58.6 Å². The van der Waals surface area contributed by atoms with Gasteiger partial charge in [0.25, 0.3) is 0 Å². The minimum atomic E-state index is -0.919. The third-order valence-corrected chi connectivity index (χ3v) is 3.00. The van der Waals surface area contributed by atoms with Gasteiger partial charge in [-0.2, -0.15) is 0 Å². The van der Waals surface area contributed by atoms with Crippen molar-refractivity contribution in [2.24, 2.45) is 0 Å². The number of nitrogens with one attached hydrogen (secondary N) is 1. The molecule has 0 aliphatic carbocycles. The highest BCUT2D eigenvalue weighted by Crippen LogP contribution is 2.21. The summed E-state index contributed by atoms with van der Waals surface area (Å²) in [6.07, 6.45) is 0.826. The molecule has 2 rings (SSSR count). The molecule has 0 unspecified atom stereocenters. The van der Waals surface area contributed by atoms with Crippen molar-refractivity contribution in [2.45, 2.75) is 6.42 Å². The monoisotopic (exact) mass is 271 g/mol. The molecule has 2 N–H and O–H groups in total. The molecule has 2 aromatic rings. The third kappa shape index (κ3) is 3.59. The lowest BCUT2D eigenvalue weighted by atomic mass is 10.1. The lowest BCUT2D eigenvalue weighted by molar-refractivity contribution is 0.0697. The van der Waals surface area contributed by atoms with Crippen LogP contribution in [0.25, 0.3) is 0 Å². The van der Waals surface area contributed by atoms with E-state index >= 15 is 0 Å². The highest BCUT2D eigenvalue weighted by atomic mass is 16.5. The zero-order chi connectivity index (χ0) is 14.4. The van der Waals surface area contributed by atoms with Gasteiger partial charge in [0.15, 0.2) is 0 Å². The first-order chi connectivity index (χ1) is 9.70. The van der Waals surface area contributed by atoms with E-state index in [0.29, 0.717) is 6.61 Å². The normalized spacial score (nSPS) is 10.2. The number of hydrogen-bond acceptors (Lipinski definition) is 3. The molecule has 0 amide bonds. The molecule has 20 heavy (non-hydrogen) atoms.